The smallest absolute Gasteiger partial charge is 0.0784 e. The number of benzene rings is 6. The summed E-state index contributed by atoms with van der Waals surface area (Å²) in [5, 5.41) is 0. The summed E-state index contributed by atoms with van der Waals surface area (Å²) in [5.74, 6) is 0. The molecular formula is C53H54N2. The zero-order chi connectivity index (χ0) is 38.5. The Bertz CT molecular complexity index is 2410. The zero-order valence-electron chi connectivity index (χ0n) is 33.3. The van der Waals surface area contributed by atoms with Gasteiger partial charge in [-0.05, 0) is 104 Å². The van der Waals surface area contributed by atoms with Crippen molar-refractivity contribution in [3.63, 3.8) is 0 Å². The van der Waals surface area contributed by atoms with Gasteiger partial charge >= 0.3 is 0 Å². The third-order valence-corrected chi connectivity index (χ3v) is 12.7. The van der Waals surface area contributed by atoms with Crippen molar-refractivity contribution in [2.45, 2.75) is 83.2 Å². The summed E-state index contributed by atoms with van der Waals surface area (Å²) in [5.41, 5.74) is 32.3. The van der Waals surface area contributed by atoms with E-state index in [0.717, 1.165) is 24.8 Å². The normalized spacial score (nSPS) is 16.7. The van der Waals surface area contributed by atoms with E-state index < -0.39 is 6.17 Å². The van der Waals surface area contributed by atoms with Gasteiger partial charge in [0.1, 0.15) is 0 Å². The molecule has 276 valence electrons. The highest BCUT2D eigenvalue weighted by atomic mass is 14.8. The molecule has 6 aromatic carbocycles. The van der Waals surface area contributed by atoms with Crippen LogP contribution >= 0.6 is 0 Å². The van der Waals surface area contributed by atoms with Crippen LogP contribution in [0.5, 0.6) is 0 Å². The van der Waals surface area contributed by atoms with Crippen LogP contribution < -0.4 is 11.5 Å². The Morgan fingerprint density at radius 2 is 1.11 bits per heavy atom. The van der Waals surface area contributed by atoms with Crippen molar-refractivity contribution in [2.24, 2.45) is 11.5 Å². The summed E-state index contributed by atoms with van der Waals surface area (Å²) in [6.45, 7) is 13.7. The Balaban J connectivity index is 0.000000139. The maximum absolute atomic E-state index is 5.78. The van der Waals surface area contributed by atoms with E-state index in [4.69, 9.17) is 11.5 Å². The van der Waals surface area contributed by atoms with Gasteiger partial charge in [-0.25, -0.2) is 0 Å². The van der Waals surface area contributed by atoms with E-state index in [-0.39, 0.29) is 16.2 Å². The lowest BCUT2D eigenvalue weighted by molar-refractivity contribution is 0.550. The molecule has 0 heterocycles. The van der Waals surface area contributed by atoms with Crippen molar-refractivity contribution >= 4 is 5.57 Å². The fourth-order valence-electron chi connectivity index (χ4n) is 9.94. The molecule has 4 aliphatic carbocycles. The Hall–Kier alpha value is -5.28. The topological polar surface area (TPSA) is 52.0 Å². The van der Waals surface area contributed by atoms with Gasteiger partial charge in [-0.2, -0.15) is 0 Å². The number of nitrogens with two attached hydrogens (primary N) is 2. The maximum atomic E-state index is 5.78. The predicted octanol–water partition coefficient (Wildman–Crippen LogP) is 12.2. The summed E-state index contributed by atoms with van der Waals surface area (Å²) >= 11 is 0. The minimum Gasteiger partial charge on any atom is -0.312 e. The molecule has 0 bridgehead atoms. The molecule has 0 unspecified atom stereocenters. The first kappa shape index (κ1) is 36.7. The number of hydrogen-bond donors (Lipinski definition) is 2. The lowest BCUT2D eigenvalue weighted by Gasteiger charge is -2.47. The fraction of sp³-hybridized carbons (Fsp3) is 0.245. The number of rotatable bonds is 2. The number of fused-ring (bicyclic) bond motifs is 11. The first-order valence-corrected chi connectivity index (χ1v) is 20.0. The SMILES string of the molecule is CC1(C)c2ccccc2-c2ccc(C(N)N)cc21.CCc1ccccc1.Cc1ccc2c(c1)C1=C(CCC=C1)C21c2ccccc2C(C)(C)c2ccccc21. The van der Waals surface area contributed by atoms with Gasteiger partial charge in [0, 0.05) is 10.8 Å². The van der Waals surface area contributed by atoms with Gasteiger partial charge in [-0.1, -0.05) is 192 Å². The predicted molar refractivity (Wildman–Crippen MR) is 232 cm³/mol. The monoisotopic (exact) mass is 718 g/mol. The standard InChI is InChI=1S/C29H26.C16H18N2.C8H10/c1-19-16-17-23-21(18-19)20-10-4-5-11-22(20)29(23)26-14-8-6-12-24(26)28(2,3)25-13-7-9-15-27(25)29;1-16(2)13-6-4-3-5-11(13)12-8-7-10(15(17)18)9-14(12)16;1-2-8-6-4-3-5-7-8/h4,6-10,12-18H,5,11H2,1-3H3;3-9,15H,17-18H2,1-2H3;3-7H,2H2,1H3. The van der Waals surface area contributed by atoms with E-state index >= 15 is 0 Å². The third-order valence-electron chi connectivity index (χ3n) is 12.7. The molecule has 4 aliphatic rings. The first-order valence-electron chi connectivity index (χ1n) is 20.0. The molecule has 0 saturated carbocycles. The van der Waals surface area contributed by atoms with Crippen LogP contribution in [0.25, 0.3) is 16.7 Å². The van der Waals surface area contributed by atoms with Crippen molar-refractivity contribution in [1.29, 1.82) is 0 Å². The first-order chi connectivity index (χ1) is 26.5. The van der Waals surface area contributed by atoms with Crippen molar-refractivity contribution in [2.75, 3.05) is 0 Å². The van der Waals surface area contributed by atoms with Crippen molar-refractivity contribution in [1.82, 2.24) is 0 Å². The van der Waals surface area contributed by atoms with Crippen LogP contribution in [0.2, 0.25) is 0 Å². The van der Waals surface area contributed by atoms with Gasteiger partial charge < -0.3 is 11.5 Å². The molecule has 10 rings (SSSR count). The molecule has 2 heteroatoms. The quantitative estimate of drug-likeness (QED) is 0.175. The van der Waals surface area contributed by atoms with E-state index in [1.54, 1.807) is 5.57 Å². The number of hydrogen-bond acceptors (Lipinski definition) is 2. The number of aryl methyl sites for hydroxylation is 2. The molecule has 0 fully saturated rings. The van der Waals surface area contributed by atoms with Crippen molar-refractivity contribution < 1.29 is 0 Å². The van der Waals surface area contributed by atoms with Crippen molar-refractivity contribution in [3.05, 3.63) is 218 Å². The van der Waals surface area contributed by atoms with E-state index in [2.05, 4.69) is 181 Å². The minimum atomic E-state index is -0.408. The van der Waals surface area contributed by atoms with Gasteiger partial charge in [-0.15, -0.1) is 0 Å². The van der Waals surface area contributed by atoms with Crippen LogP contribution in [-0.2, 0) is 22.7 Å². The average Bonchev–Trinajstić information content (AvgIpc) is 3.63. The van der Waals surface area contributed by atoms with E-state index in [1.165, 1.54) is 72.3 Å². The lowest BCUT2D eigenvalue weighted by Crippen LogP contribution is -2.41. The molecule has 0 saturated heterocycles. The minimum absolute atomic E-state index is 0.00286. The summed E-state index contributed by atoms with van der Waals surface area (Å²) in [6.07, 6.45) is 7.73. The summed E-state index contributed by atoms with van der Waals surface area (Å²) in [6, 6.07) is 50.9. The maximum Gasteiger partial charge on any atom is 0.0784 e. The van der Waals surface area contributed by atoms with Crippen LogP contribution in [0.15, 0.2) is 157 Å². The van der Waals surface area contributed by atoms with Crippen LogP contribution in [0, 0.1) is 6.92 Å². The van der Waals surface area contributed by atoms with Crippen LogP contribution in [0.1, 0.15) is 115 Å². The summed E-state index contributed by atoms with van der Waals surface area (Å²) in [7, 11) is 0. The Morgan fingerprint density at radius 3 is 1.73 bits per heavy atom. The molecule has 0 radical (unpaired) electrons. The second-order valence-corrected chi connectivity index (χ2v) is 16.7. The van der Waals surface area contributed by atoms with Crippen LogP contribution in [-0.4, -0.2) is 0 Å². The molecule has 2 nitrogen and oxygen atoms in total. The fourth-order valence-corrected chi connectivity index (χ4v) is 9.94. The number of allylic oxidation sites excluding steroid dienone is 4. The average molecular weight is 719 g/mol. The van der Waals surface area contributed by atoms with Gasteiger partial charge in [0.05, 0.1) is 11.6 Å². The molecular weight excluding hydrogens is 665 g/mol. The van der Waals surface area contributed by atoms with Gasteiger partial charge in [0.2, 0.25) is 0 Å². The summed E-state index contributed by atoms with van der Waals surface area (Å²) in [4.78, 5) is 0. The van der Waals surface area contributed by atoms with Gasteiger partial charge in [0.15, 0.2) is 0 Å². The lowest BCUT2D eigenvalue weighted by atomic mass is 9.54. The molecule has 0 aliphatic heterocycles. The largest absolute Gasteiger partial charge is 0.312 e. The molecule has 55 heavy (non-hydrogen) atoms. The van der Waals surface area contributed by atoms with Crippen LogP contribution in [0.4, 0.5) is 0 Å². The highest BCUT2D eigenvalue weighted by Crippen LogP contribution is 2.62. The second kappa shape index (κ2) is 14.1. The van der Waals surface area contributed by atoms with Gasteiger partial charge in [0.25, 0.3) is 0 Å². The highest BCUT2D eigenvalue weighted by molar-refractivity contribution is 5.92. The zero-order valence-corrected chi connectivity index (χ0v) is 33.3. The molecule has 6 aromatic rings. The molecule has 0 amide bonds. The van der Waals surface area contributed by atoms with Crippen LogP contribution in [0.3, 0.4) is 0 Å². The van der Waals surface area contributed by atoms with E-state index in [9.17, 15) is 0 Å². The highest BCUT2D eigenvalue weighted by Gasteiger charge is 2.53. The van der Waals surface area contributed by atoms with Gasteiger partial charge in [-0.3, -0.25) is 0 Å². The Labute approximate surface area is 328 Å². The third kappa shape index (κ3) is 5.86. The second-order valence-electron chi connectivity index (χ2n) is 16.7. The molecule has 0 aromatic heterocycles. The Morgan fingerprint density at radius 1 is 0.545 bits per heavy atom. The molecule has 4 N–H and O–H groups in total. The summed E-state index contributed by atoms with van der Waals surface area (Å²) < 4.78 is 0. The molecule has 0 atom stereocenters. The van der Waals surface area contributed by atoms with E-state index in [1.807, 2.05) is 12.1 Å². The van der Waals surface area contributed by atoms with Crippen molar-refractivity contribution in [3.8, 4) is 11.1 Å². The Kier molecular flexibility index (Phi) is 9.40. The molecule has 1 spiro atoms. The van der Waals surface area contributed by atoms with E-state index in [0.29, 0.717) is 0 Å².